The minimum Gasteiger partial charge on any atom is -0.492 e. The van der Waals surface area contributed by atoms with E-state index in [4.69, 9.17) is 16.3 Å². The standard InChI is InChI=1S/C21H24ClF3N2O3S/c22-16-11-12-20(19(15-16)21(23,24)25)27(31(28,29)18-9-5-2-6-10-18)26-13-14-30-17-7-3-1-4-8-17/h1,3-4,7-8,11-12,15,18,26H,2,5-6,9-10,13-14H2. The predicted molar refractivity (Wildman–Crippen MR) is 115 cm³/mol. The van der Waals surface area contributed by atoms with Crippen molar-refractivity contribution in [1.29, 1.82) is 0 Å². The maximum Gasteiger partial charge on any atom is 0.418 e. The third-order valence-electron chi connectivity index (χ3n) is 5.08. The lowest BCUT2D eigenvalue weighted by Gasteiger charge is -2.32. The van der Waals surface area contributed by atoms with Crippen LogP contribution in [-0.4, -0.2) is 26.8 Å². The summed E-state index contributed by atoms with van der Waals surface area (Å²) in [6.07, 6.45) is -1.59. The maximum absolute atomic E-state index is 13.7. The Labute approximate surface area is 185 Å². The molecule has 0 unspecified atom stereocenters. The van der Waals surface area contributed by atoms with Crippen molar-refractivity contribution in [2.75, 3.05) is 17.6 Å². The molecule has 0 spiro atoms. The second-order valence-electron chi connectivity index (χ2n) is 7.30. The van der Waals surface area contributed by atoms with Crippen molar-refractivity contribution < 1.29 is 26.3 Å². The van der Waals surface area contributed by atoms with Crippen LogP contribution in [0.3, 0.4) is 0 Å². The highest BCUT2D eigenvalue weighted by atomic mass is 35.5. The molecule has 0 aromatic heterocycles. The summed E-state index contributed by atoms with van der Waals surface area (Å²) in [6, 6.07) is 11.9. The molecule has 3 rings (SSSR count). The van der Waals surface area contributed by atoms with Gasteiger partial charge in [-0.05, 0) is 43.2 Å². The quantitative estimate of drug-likeness (QED) is 0.409. The smallest absolute Gasteiger partial charge is 0.418 e. The van der Waals surface area contributed by atoms with Gasteiger partial charge in [-0.1, -0.05) is 49.1 Å². The Morgan fingerprint density at radius 1 is 1.06 bits per heavy atom. The molecular formula is C21H24ClF3N2O3S. The van der Waals surface area contributed by atoms with Gasteiger partial charge in [0.05, 0.1) is 23.0 Å². The average molecular weight is 477 g/mol. The van der Waals surface area contributed by atoms with Gasteiger partial charge >= 0.3 is 6.18 Å². The molecule has 0 heterocycles. The molecule has 2 aromatic rings. The number of hydrogen-bond acceptors (Lipinski definition) is 4. The van der Waals surface area contributed by atoms with Crippen molar-refractivity contribution >= 4 is 27.3 Å². The van der Waals surface area contributed by atoms with Crippen LogP contribution >= 0.6 is 11.6 Å². The monoisotopic (exact) mass is 476 g/mol. The van der Waals surface area contributed by atoms with Crippen LogP contribution in [0, 0.1) is 0 Å². The first-order chi connectivity index (χ1) is 14.7. The number of nitrogens with one attached hydrogen (secondary N) is 1. The number of anilines is 1. The Morgan fingerprint density at radius 3 is 2.39 bits per heavy atom. The zero-order chi connectivity index (χ0) is 22.5. The summed E-state index contributed by atoms with van der Waals surface area (Å²) >= 11 is 5.78. The second-order valence-corrected chi connectivity index (χ2v) is 9.80. The van der Waals surface area contributed by atoms with Crippen LogP contribution in [0.4, 0.5) is 18.9 Å². The molecule has 1 N–H and O–H groups in total. The van der Waals surface area contributed by atoms with E-state index < -0.39 is 32.7 Å². The topological polar surface area (TPSA) is 58.6 Å². The van der Waals surface area contributed by atoms with Gasteiger partial charge in [0.15, 0.2) is 0 Å². The Bertz CT molecular complexity index is 966. The van der Waals surface area contributed by atoms with E-state index in [9.17, 15) is 21.6 Å². The fourth-order valence-electron chi connectivity index (χ4n) is 3.57. The Balaban J connectivity index is 1.88. The zero-order valence-electron chi connectivity index (χ0n) is 16.7. The van der Waals surface area contributed by atoms with Crippen LogP contribution in [0.5, 0.6) is 5.75 Å². The number of benzene rings is 2. The number of hydrazine groups is 1. The fourth-order valence-corrected chi connectivity index (χ4v) is 5.67. The first-order valence-corrected chi connectivity index (χ1v) is 11.9. The second kappa shape index (κ2) is 10.1. The average Bonchev–Trinajstić information content (AvgIpc) is 2.75. The lowest BCUT2D eigenvalue weighted by molar-refractivity contribution is -0.137. The summed E-state index contributed by atoms with van der Waals surface area (Å²) in [7, 11) is -4.09. The van der Waals surface area contributed by atoms with Crippen molar-refractivity contribution in [3.05, 3.63) is 59.1 Å². The normalized spacial score (nSPS) is 15.6. The van der Waals surface area contributed by atoms with E-state index in [1.165, 1.54) is 6.07 Å². The van der Waals surface area contributed by atoms with Crippen molar-refractivity contribution in [3.63, 3.8) is 0 Å². The molecule has 1 aliphatic rings. The summed E-state index contributed by atoms with van der Waals surface area (Å²) in [5.74, 6) is 0.577. The predicted octanol–water partition coefficient (Wildman–Crippen LogP) is 5.41. The van der Waals surface area contributed by atoms with Gasteiger partial charge in [-0.2, -0.15) is 13.2 Å². The number of rotatable bonds is 8. The summed E-state index contributed by atoms with van der Waals surface area (Å²) < 4.78 is 74.0. The Hall–Kier alpha value is -1.97. The molecule has 0 saturated heterocycles. The van der Waals surface area contributed by atoms with Crippen molar-refractivity contribution in [2.45, 2.75) is 43.5 Å². The molecule has 0 aliphatic heterocycles. The van der Waals surface area contributed by atoms with Crippen LogP contribution in [0.1, 0.15) is 37.7 Å². The number of alkyl halides is 3. The largest absolute Gasteiger partial charge is 0.492 e. The highest BCUT2D eigenvalue weighted by Gasteiger charge is 2.40. The number of hydrogen-bond donors (Lipinski definition) is 1. The number of nitrogens with zero attached hydrogens (tertiary/aromatic N) is 1. The van der Waals surface area contributed by atoms with Crippen LogP contribution in [0.2, 0.25) is 5.02 Å². The molecule has 0 atom stereocenters. The molecule has 0 radical (unpaired) electrons. The molecule has 10 heteroatoms. The third-order valence-corrected chi connectivity index (χ3v) is 7.46. The number of ether oxygens (including phenoxy) is 1. The molecule has 0 bridgehead atoms. The zero-order valence-corrected chi connectivity index (χ0v) is 18.3. The minimum absolute atomic E-state index is 0.0131. The van der Waals surface area contributed by atoms with E-state index in [1.54, 1.807) is 24.3 Å². The van der Waals surface area contributed by atoms with E-state index in [-0.39, 0.29) is 18.2 Å². The minimum atomic E-state index is -4.78. The lowest BCUT2D eigenvalue weighted by atomic mass is 10.0. The van der Waals surface area contributed by atoms with Crippen molar-refractivity contribution in [3.8, 4) is 5.75 Å². The Kier molecular flexibility index (Phi) is 7.72. The summed E-state index contributed by atoms with van der Waals surface area (Å²) in [6.45, 7) is 0.0520. The van der Waals surface area contributed by atoms with Crippen LogP contribution in [-0.2, 0) is 16.2 Å². The molecule has 0 amide bonds. The SMILES string of the molecule is O=S(=O)(C1CCCCC1)N(NCCOc1ccccc1)c1ccc(Cl)cc1C(F)(F)F. The summed E-state index contributed by atoms with van der Waals surface area (Å²) in [5.41, 5.74) is 1.04. The van der Waals surface area contributed by atoms with Gasteiger partial charge in [0.2, 0.25) is 0 Å². The molecule has 31 heavy (non-hydrogen) atoms. The number of halogens is 4. The fraction of sp³-hybridized carbons (Fsp3) is 0.429. The van der Waals surface area contributed by atoms with Crippen molar-refractivity contribution in [1.82, 2.24) is 5.43 Å². The molecule has 1 saturated carbocycles. The molecule has 1 fully saturated rings. The van der Waals surface area contributed by atoms with Gasteiger partial charge < -0.3 is 4.74 Å². The third kappa shape index (κ3) is 6.05. The lowest BCUT2D eigenvalue weighted by Crippen LogP contribution is -2.50. The van der Waals surface area contributed by atoms with Crippen LogP contribution < -0.4 is 14.6 Å². The van der Waals surface area contributed by atoms with Gasteiger partial charge in [-0.3, -0.25) is 0 Å². The molecule has 5 nitrogen and oxygen atoms in total. The van der Waals surface area contributed by atoms with Crippen molar-refractivity contribution in [2.24, 2.45) is 0 Å². The van der Waals surface area contributed by atoms with E-state index in [1.807, 2.05) is 6.07 Å². The molecule has 2 aromatic carbocycles. The van der Waals surface area contributed by atoms with Gasteiger partial charge in [0, 0.05) is 5.02 Å². The molecular weight excluding hydrogens is 453 g/mol. The van der Waals surface area contributed by atoms with E-state index in [0.29, 0.717) is 23.0 Å². The van der Waals surface area contributed by atoms with Gasteiger partial charge in [0.25, 0.3) is 10.0 Å². The Morgan fingerprint density at radius 2 is 1.74 bits per heavy atom. The number of para-hydroxylation sites is 1. The first-order valence-electron chi connectivity index (χ1n) is 10.0. The number of sulfonamides is 1. The summed E-state index contributed by atoms with van der Waals surface area (Å²) in [5, 5.41) is -0.876. The highest BCUT2D eigenvalue weighted by Crippen LogP contribution is 2.39. The summed E-state index contributed by atoms with van der Waals surface area (Å²) in [4.78, 5) is 0. The van der Waals surface area contributed by atoms with E-state index in [2.05, 4.69) is 5.43 Å². The first kappa shape index (κ1) is 23.7. The molecule has 1 aliphatic carbocycles. The van der Waals surface area contributed by atoms with Gasteiger partial charge in [-0.15, -0.1) is 0 Å². The van der Waals surface area contributed by atoms with Crippen LogP contribution in [0.15, 0.2) is 48.5 Å². The van der Waals surface area contributed by atoms with E-state index in [0.717, 1.165) is 31.4 Å². The van der Waals surface area contributed by atoms with Crippen LogP contribution in [0.25, 0.3) is 0 Å². The maximum atomic E-state index is 13.7. The molecule has 170 valence electrons. The highest BCUT2D eigenvalue weighted by molar-refractivity contribution is 7.93. The van der Waals surface area contributed by atoms with Gasteiger partial charge in [0.1, 0.15) is 12.4 Å². The van der Waals surface area contributed by atoms with E-state index >= 15 is 0 Å². The van der Waals surface area contributed by atoms with Gasteiger partial charge in [-0.25, -0.2) is 18.3 Å².